The molecule has 1 aromatic heterocycles. The van der Waals surface area contributed by atoms with Crippen molar-refractivity contribution in [2.45, 2.75) is 26.8 Å². The Morgan fingerprint density at radius 3 is 2.67 bits per heavy atom. The van der Waals surface area contributed by atoms with Gasteiger partial charge in [0.05, 0.1) is 12.1 Å². The van der Waals surface area contributed by atoms with Gasteiger partial charge in [-0.3, -0.25) is 9.48 Å². The number of aromatic carboxylic acids is 1. The van der Waals surface area contributed by atoms with Crippen LogP contribution in [-0.2, 0) is 11.3 Å². The summed E-state index contributed by atoms with van der Waals surface area (Å²) >= 11 is 0. The quantitative estimate of drug-likeness (QED) is 0.871. The van der Waals surface area contributed by atoms with E-state index in [2.05, 4.69) is 15.4 Å². The van der Waals surface area contributed by atoms with Gasteiger partial charge >= 0.3 is 5.97 Å². The lowest BCUT2D eigenvalue weighted by molar-refractivity contribution is -0.116. The molecule has 110 valence electrons. The maximum atomic E-state index is 11.9. The predicted molar refractivity (Wildman–Crippen MR) is 76.1 cm³/mol. The smallest absolute Gasteiger partial charge is 0.336 e. The third-order valence-corrected chi connectivity index (χ3v) is 3.11. The third-order valence-electron chi connectivity index (χ3n) is 3.11. The molecule has 0 fully saturated rings. The molecule has 0 saturated carbocycles. The van der Waals surface area contributed by atoms with Crippen molar-refractivity contribution in [2.24, 2.45) is 0 Å². The Hall–Kier alpha value is -2.70. The van der Waals surface area contributed by atoms with Gasteiger partial charge < -0.3 is 10.4 Å². The van der Waals surface area contributed by atoms with Crippen molar-refractivity contribution < 1.29 is 14.7 Å². The topological polar surface area (TPSA) is 97.1 Å². The monoisotopic (exact) mass is 288 g/mol. The number of nitrogens with zero attached hydrogens (tertiary/aromatic N) is 3. The van der Waals surface area contributed by atoms with Crippen molar-refractivity contribution in [1.82, 2.24) is 14.8 Å². The number of carboxylic acids is 1. The summed E-state index contributed by atoms with van der Waals surface area (Å²) in [4.78, 5) is 26.8. The van der Waals surface area contributed by atoms with Gasteiger partial charge in [0.15, 0.2) is 0 Å². The zero-order chi connectivity index (χ0) is 15.4. The van der Waals surface area contributed by atoms with Crippen LogP contribution in [0.4, 0.5) is 5.69 Å². The number of amides is 1. The first-order chi connectivity index (χ1) is 9.97. The molecule has 1 amide bonds. The van der Waals surface area contributed by atoms with Gasteiger partial charge in [0.25, 0.3) is 0 Å². The highest BCUT2D eigenvalue weighted by molar-refractivity contribution is 5.95. The van der Waals surface area contributed by atoms with Crippen molar-refractivity contribution in [3.8, 4) is 0 Å². The average molecular weight is 288 g/mol. The van der Waals surface area contributed by atoms with E-state index in [0.717, 1.165) is 5.56 Å². The van der Waals surface area contributed by atoms with E-state index in [0.29, 0.717) is 17.8 Å². The summed E-state index contributed by atoms with van der Waals surface area (Å²) in [6.07, 6.45) is 3.17. The summed E-state index contributed by atoms with van der Waals surface area (Å²) in [5, 5.41) is 15.8. The lowest BCUT2D eigenvalue weighted by Crippen LogP contribution is -2.16. The number of carbonyl (C=O) groups is 2. The molecule has 0 unspecified atom stereocenters. The standard InChI is InChI=1S/C14H16N4O3/c1-9-5-10(2)12(6-11(9)14(20)21)17-13(19)3-4-18-8-15-7-16-18/h5-8H,3-4H2,1-2H3,(H,17,19)(H,20,21). The minimum absolute atomic E-state index is 0.187. The molecule has 2 aromatic rings. The van der Waals surface area contributed by atoms with Crippen LogP contribution < -0.4 is 5.32 Å². The molecule has 7 nitrogen and oxygen atoms in total. The first-order valence-corrected chi connectivity index (χ1v) is 6.44. The molecule has 0 bridgehead atoms. The Labute approximate surface area is 121 Å². The van der Waals surface area contributed by atoms with Crippen LogP contribution in [0.5, 0.6) is 0 Å². The van der Waals surface area contributed by atoms with Gasteiger partial charge in [0.1, 0.15) is 12.7 Å². The molecule has 2 rings (SSSR count). The molecule has 0 aliphatic heterocycles. The summed E-state index contributed by atoms with van der Waals surface area (Å²) in [7, 11) is 0. The van der Waals surface area contributed by atoms with E-state index < -0.39 is 5.97 Å². The molecule has 0 saturated heterocycles. The van der Waals surface area contributed by atoms with Crippen LogP contribution in [0, 0.1) is 13.8 Å². The second-order valence-electron chi connectivity index (χ2n) is 4.74. The molecule has 2 N–H and O–H groups in total. The molecule has 0 aliphatic rings. The van der Waals surface area contributed by atoms with Gasteiger partial charge in [0, 0.05) is 12.1 Å². The predicted octanol–water partition coefficient (Wildman–Crippen LogP) is 1.62. The van der Waals surface area contributed by atoms with Crippen molar-refractivity contribution in [3.05, 3.63) is 41.5 Å². The third kappa shape index (κ3) is 3.65. The maximum absolute atomic E-state index is 11.9. The summed E-state index contributed by atoms with van der Waals surface area (Å²) in [6.45, 7) is 3.97. The molecule has 0 radical (unpaired) electrons. The summed E-state index contributed by atoms with van der Waals surface area (Å²) in [5.41, 5.74) is 2.20. The van der Waals surface area contributed by atoms with Crippen molar-refractivity contribution in [1.29, 1.82) is 0 Å². The molecule has 0 aliphatic carbocycles. The lowest BCUT2D eigenvalue weighted by atomic mass is 10.0. The minimum atomic E-state index is -1.01. The largest absolute Gasteiger partial charge is 0.478 e. The van der Waals surface area contributed by atoms with Crippen molar-refractivity contribution >= 4 is 17.6 Å². The van der Waals surface area contributed by atoms with E-state index in [1.165, 1.54) is 18.7 Å². The molecule has 1 aromatic carbocycles. The number of rotatable bonds is 5. The SMILES string of the molecule is Cc1cc(C)c(C(=O)O)cc1NC(=O)CCn1cncn1. The summed E-state index contributed by atoms with van der Waals surface area (Å²) in [6, 6.07) is 3.23. The van der Waals surface area contributed by atoms with Crippen LogP contribution in [0.3, 0.4) is 0 Å². The van der Waals surface area contributed by atoms with Crippen LogP contribution in [-0.4, -0.2) is 31.7 Å². The van der Waals surface area contributed by atoms with Crippen LogP contribution >= 0.6 is 0 Å². The number of hydrogen-bond acceptors (Lipinski definition) is 4. The van der Waals surface area contributed by atoms with Crippen LogP contribution in [0.15, 0.2) is 24.8 Å². The number of nitrogens with one attached hydrogen (secondary N) is 1. The second kappa shape index (κ2) is 6.17. The van der Waals surface area contributed by atoms with Crippen LogP contribution in [0.2, 0.25) is 0 Å². The molecule has 21 heavy (non-hydrogen) atoms. The van der Waals surface area contributed by atoms with Crippen LogP contribution in [0.1, 0.15) is 27.9 Å². The molecule has 1 heterocycles. The molecule has 7 heteroatoms. The van der Waals surface area contributed by atoms with Gasteiger partial charge in [-0.1, -0.05) is 6.07 Å². The van der Waals surface area contributed by atoms with Gasteiger partial charge in [-0.25, -0.2) is 9.78 Å². The van der Waals surface area contributed by atoms with E-state index in [1.807, 2.05) is 6.92 Å². The Kier molecular flexibility index (Phi) is 4.32. The molecular formula is C14H16N4O3. The molecule has 0 spiro atoms. The number of benzene rings is 1. The Morgan fingerprint density at radius 1 is 1.29 bits per heavy atom. The van der Waals surface area contributed by atoms with E-state index in [4.69, 9.17) is 5.11 Å². The lowest BCUT2D eigenvalue weighted by Gasteiger charge is -2.11. The number of carboxylic acid groups (broad SMARTS) is 1. The van der Waals surface area contributed by atoms with E-state index in [9.17, 15) is 9.59 Å². The Bertz CT molecular complexity index is 665. The van der Waals surface area contributed by atoms with Crippen molar-refractivity contribution in [3.63, 3.8) is 0 Å². The number of aryl methyl sites for hydroxylation is 3. The van der Waals surface area contributed by atoms with Gasteiger partial charge in [-0.2, -0.15) is 5.10 Å². The minimum Gasteiger partial charge on any atom is -0.478 e. The van der Waals surface area contributed by atoms with Gasteiger partial charge in [-0.15, -0.1) is 0 Å². The fourth-order valence-corrected chi connectivity index (χ4v) is 1.99. The fraction of sp³-hybridized carbons (Fsp3) is 0.286. The van der Waals surface area contributed by atoms with Crippen molar-refractivity contribution in [2.75, 3.05) is 5.32 Å². The van der Waals surface area contributed by atoms with E-state index in [1.54, 1.807) is 17.7 Å². The van der Waals surface area contributed by atoms with Crippen LogP contribution in [0.25, 0.3) is 0 Å². The first-order valence-electron chi connectivity index (χ1n) is 6.44. The maximum Gasteiger partial charge on any atom is 0.336 e. The Morgan fingerprint density at radius 2 is 2.05 bits per heavy atom. The number of aromatic nitrogens is 3. The first kappa shape index (κ1) is 14.7. The van der Waals surface area contributed by atoms with Gasteiger partial charge in [-0.05, 0) is 31.0 Å². The second-order valence-corrected chi connectivity index (χ2v) is 4.74. The van der Waals surface area contributed by atoms with Gasteiger partial charge in [0.2, 0.25) is 5.91 Å². The summed E-state index contributed by atoms with van der Waals surface area (Å²) < 4.78 is 1.56. The zero-order valence-corrected chi connectivity index (χ0v) is 11.8. The van der Waals surface area contributed by atoms with E-state index >= 15 is 0 Å². The number of hydrogen-bond donors (Lipinski definition) is 2. The number of anilines is 1. The Balaban J connectivity index is 2.06. The molecular weight excluding hydrogens is 272 g/mol. The zero-order valence-electron chi connectivity index (χ0n) is 11.8. The highest BCUT2D eigenvalue weighted by atomic mass is 16.4. The molecule has 0 atom stereocenters. The van der Waals surface area contributed by atoms with E-state index in [-0.39, 0.29) is 17.9 Å². The number of carbonyl (C=O) groups excluding carboxylic acids is 1. The average Bonchev–Trinajstić information content (AvgIpc) is 2.92. The fourth-order valence-electron chi connectivity index (χ4n) is 1.99. The normalized spacial score (nSPS) is 10.4. The summed E-state index contributed by atoms with van der Waals surface area (Å²) in [5.74, 6) is -1.21. The highest BCUT2D eigenvalue weighted by Crippen LogP contribution is 2.21. The highest BCUT2D eigenvalue weighted by Gasteiger charge is 2.12.